The summed E-state index contributed by atoms with van der Waals surface area (Å²) in [4.78, 5) is 51.6. The maximum absolute atomic E-state index is 12.2. The van der Waals surface area contributed by atoms with Gasteiger partial charge in [0.25, 0.3) is 5.91 Å². The van der Waals surface area contributed by atoms with E-state index < -0.39 is 24.4 Å². The number of ether oxygens (including phenoxy) is 1. The first kappa shape index (κ1) is 19.9. The van der Waals surface area contributed by atoms with Crippen LogP contribution in [0.3, 0.4) is 0 Å². The second-order valence-corrected chi connectivity index (χ2v) is 7.36. The number of likely N-dealkylation sites (tertiary alicyclic amines) is 1. The van der Waals surface area contributed by atoms with E-state index in [0.717, 1.165) is 6.42 Å². The summed E-state index contributed by atoms with van der Waals surface area (Å²) in [6, 6.07) is 7.06. The van der Waals surface area contributed by atoms with E-state index in [-0.39, 0.29) is 24.3 Å². The number of hydrogen-bond acceptors (Lipinski definition) is 5. The lowest BCUT2D eigenvalue weighted by atomic mass is 10.1. The molecule has 8 nitrogen and oxygen atoms in total. The van der Waals surface area contributed by atoms with Gasteiger partial charge < -0.3 is 19.9 Å². The topological polar surface area (TPSA) is 96.0 Å². The van der Waals surface area contributed by atoms with Crippen LogP contribution in [0.1, 0.15) is 33.1 Å². The minimum atomic E-state index is -0.547. The smallest absolute Gasteiger partial charge is 0.311 e. The van der Waals surface area contributed by atoms with Crippen LogP contribution in [0.15, 0.2) is 24.3 Å². The van der Waals surface area contributed by atoms with Gasteiger partial charge >= 0.3 is 5.97 Å². The van der Waals surface area contributed by atoms with Gasteiger partial charge in [0.05, 0.1) is 17.3 Å². The number of nitrogens with zero attached hydrogens (tertiary/aromatic N) is 2. The molecule has 1 N–H and O–H groups in total. The Morgan fingerprint density at radius 3 is 2.61 bits per heavy atom. The number of anilines is 2. The molecule has 2 heterocycles. The van der Waals surface area contributed by atoms with E-state index in [2.05, 4.69) is 5.32 Å². The van der Waals surface area contributed by atoms with Crippen LogP contribution in [0, 0.1) is 5.92 Å². The van der Waals surface area contributed by atoms with Gasteiger partial charge in [-0.15, -0.1) is 0 Å². The molecule has 1 aromatic carbocycles. The van der Waals surface area contributed by atoms with E-state index in [0.29, 0.717) is 30.9 Å². The van der Waals surface area contributed by atoms with Gasteiger partial charge in [0, 0.05) is 32.0 Å². The minimum absolute atomic E-state index is 0.0220. The molecule has 1 unspecified atom stereocenters. The largest absolute Gasteiger partial charge is 0.455 e. The Hall–Kier alpha value is -2.90. The number of esters is 1. The van der Waals surface area contributed by atoms with Crippen molar-refractivity contribution in [2.24, 2.45) is 5.92 Å². The zero-order chi connectivity index (χ0) is 20.3. The molecule has 2 aliphatic rings. The van der Waals surface area contributed by atoms with E-state index in [4.69, 9.17) is 4.74 Å². The van der Waals surface area contributed by atoms with Crippen molar-refractivity contribution in [1.82, 2.24) is 4.90 Å². The fraction of sp³-hybridized carbons (Fsp3) is 0.500. The SMILES string of the molecule is CC(C)N1CC(C(=O)OCC(=O)Nc2ccccc2N2CCCC2=O)CC1=O. The monoisotopic (exact) mass is 387 g/mol. The molecule has 0 bridgehead atoms. The van der Waals surface area contributed by atoms with Crippen molar-refractivity contribution >= 4 is 35.1 Å². The Morgan fingerprint density at radius 2 is 1.96 bits per heavy atom. The van der Waals surface area contributed by atoms with E-state index in [9.17, 15) is 19.2 Å². The van der Waals surface area contributed by atoms with Crippen molar-refractivity contribution in [3.8, 4) is 0 Å². The molecule has 8 heteroatoms. The van der Waals surface area contributed by atoms with Crippen LogP contribution in [0.25, 0.3) is 0 Å². The van der Waals surface area contributed by atoms with Crippen LogP contribution >= 0.6 is 0 Å². The third-order valence-electron chi connectivity index (χ3n) is 5.00. The summed E-state index contributed by atoms with van der Waals surface area (Å²) >= 11 is 0. The van der Waals surface area contributed by atoms with Crippen molar-refractivity contribution in [3.05, 3.63) is 24.3 Å². The van der Waals surface area contributed by atoms with Gasteiger partial charge in [-0.05, 0) is 32.4 Å². The summed E-state index contributed by atoms with van der Waals surface area (Å²) in [6.45, 7) is 4.27. The van der Waals surface area contributed by atoms with Gasteiger partial charge in [-0.2, -0.15) is 0 Å². The lowest BCUT2D eigenvalue weighted by Crippen LogP contribution is -2.33. The number of benzene rings is 1. The molecule has 0 aliphatic carbocycles. The fourth-order valence-electron chi connectivity index (χ4n) is 3.55. The van der Waals surface area contributed by atoms with E-state index >= 15 is 0 Å². The van der Waals surface area contributed by atoms with Gasteiger partial charge in [-0.1, -0.05) is 12.1 Å². The van der Waals surface area contributed by atoms with Crippen LogP contribution in [0.2, 0.25) is 0 Å². The first-order valence-electron chi connectivity index (χ1n) is 9.52. The summed E-state index contributed by atoms with van der Waals surface area (Å²) in [5.41, 5.74) is 1.14. The Morgan fingerprint density at radius 1 is 1.21 bits per heavy atom. The predicted molar refractivity (Wildman–Crippen MR) is 103 cm³/mol. The molecule has 28 heavy (non-hydrogen) atoms. The van der Waals surface area contributed by atoms with Crippen LogP contribution in [0.4, 0.5) is 11.4 Å². The van der Waals surface area contributed by atoms with Gasteiger partial charge in [-0.25, -0.2) is 0 Å². The maximum atomic E-state index is 12.2. The number of carbonyl (C=O) groups is 4. The standard InChI is InChI=1S/C20H25N3O5/c1-13(2)23-11-14(10-19(23)26)20(27)28-12-17(24)21-15-6-3-4-7-16(15)22-9-5-8-18(22)25/h3-4,6-7,13-14H,5,8-12H2,1-2H3,(H,21,24). The van der Waals surface area contributed by atoms with Crippen molar-refractivity contribution in [2.75, 3.05) is 29.9 Å². The maximum Gasteiger partial charge on any atom is 0.311 e. The van der Waals surface area contributed by atoms with Gasteiger partial charge in [0.1, 0.15) is 0 Å². The average molecular weight is 387 g/mol. The van der Waals surface area contributed by atoms with Crippen LogP contribution in [0.5, 0.6) is 0 Å². The van der Waals surface area contributed by atoms with Crippen LogP contribution in [-0.4, -0.2) is 54.3 Å². The number of para-hydroxylation sites is 2. The van der Waals surface area contributed by atoms with Crippen LogP contribution in [-0.2, 0) is 23.9 Å². The minimum Gasteiger partial charge on any atom is -0.455 e. The molecule has 0 saturated carbocycles. The first-order valence-corrected chi connectivity index (χ1v) is 9.52. The predicted octanol–water partition coefficient (Wildman–Crippen LogP) is 1.55. The lowest BCUT2D eigenvalue weighted by Gasteiger charge is -2.21. The Bertz CT molecular complexity index is 792. The van der Waals surface area contributed by atoms with Crippen molar-refractivity contribution in [1.29, 1.82) is 0 Å². The molecule has 3 rings (SSSR count). The van der Waals surface area contributed by atoms with Crippen molar-refractivity contribution in [2.45, 2.75) is 39.2 Å². The lowest BCUT2D eigenvalue weighted by molar-refractivity contribution is -0.151. The van der Waals surface area contributed by atoms with E-state index in [1.807, 2.05) is 13.8 Å². The van der Waals surface area contributed by atoms with E-state index in [1.54, 1.807) is 34.1 Å². The molecule has 0 radical (unpaired) electrons. The highest BCUT2D eigenvalue weighted by Gasteiger charge is 2.36. The number of carbonyl (C=O) groups excluding carboxylic acids is 4. The Kier molecular flexibility index (Phi) is 5.96. The molecular formula is C20H25N3O5. The summed E-state index contributed by atoms with van der Waals surface area (Å²) in [5.74, 6) is -1.64. The molecule has 0 aromatic heterocycles. The number of nitrogens with one attached hydrogen (secondary N) is 1. The average Bonchev–Trinajstić information content (AvgIpc) is 3.26. The third kappa shape index (κ3) is 4.32. The molecule has 1 atom stereocenters. The highest BCUT2D eigenvalue weighted by Crippen LogP contribution is 2.29. The summed E-state index contributed by atoms with van der Waals surface area (Å²) in [5, 5.41) is 2.70. The van der Waals surface area contributed by atoms with Gasteiger partial charge in [-0.3, -0.25) is 19.2 Å². The number of amides is 3. The number of rotatable bonds is 6. The first-order chi connectivity index (χ1) is 13.4. The molecule has 2 fully saturated rings. The molecule has 0 spiro atoms. The highest BCUT2D eigenvalue weighted by molar-refractivity contribution is 6.02. The van der Waals surface area contributed by atoms with Crippen LogP contribution < -0.4 is 10.2 Å². The molecule has 150 valence electrons. The Labute approximate surface area is 163 Å². The summed E-state index contributed by atoms with van der Waals surface area (Å²) in [7, 11) is 0. The molecule has 3 amide bonds. The molecule has 2 saturated heterocycles. The van der Waals surface area contributed by atoms with Crippen molar-refractivity contribution in [3.63, 3.8) is 0 Å². The highest BCUT2D eigenvalue weighted by atomic mass is 16.5. The molecular weight excluding hydrogens is 362 g/mol. The van der Waals surface area contributed by atoms with Crippen molar-refractivity contribution < 1.29 is 23.9 Å². The van der Waals surface area contributed by atoms with E-state index in [1.165, 1.54) is 0 Å². The second kappa shape index (κ2) is 8.41. The summed E-state index contributed by atoms with van der Waals surface area (Å²) in [6.07, 6.45) is 1.39. The quantitative estimate of drug-likeness (QED) is 0.747. The zero-order valence-electron chi connectivity index (χ0n) is 16.1. The third-order valence-corrected chi connectivity index (χ3v) is 5.00. The summed E-state index contributed by atoms with van der Waals surface area (Å²) < 4.78 is 5.11. The van der Waals surface area contributed by atoms with Gasteiger partial charge in [0.2, 0.25) is 11.8 Å². The normalized spacial score (nSPS) is 19.5. The molecule has 2 aliphatic heterocycles. The van der Waals surface area contributed by atoms with Gasteiger partial charge in [0.15, 0.2) is 6.61 Å². The molecule has 1 aromatic rings. The Balaban J connectivity index is 1.55. The zero-order valence-corrected chi connectivity index (χ0v) is 16.1. The second-order valence-electron chi connectivity index (χ2n) is 7.36. The fourth-order valence-corrected chi connectivity index (χ4v) is 3.55. The number of hydrogen-bond donors (Lipinski definition) is 1.